The van der Waals surface area contributed by atoms with E-state index in [-0.39, 0.29) is 10.8 Å². The third kappa shape index (κ3) is 2.56. The van der Waals surface area contributed by atoms with Gasteiger partial charge in [0, 0.05) is 12.6 Å². The number of thiophene rings is 1. The lowest BCUT2D eigenvalue weighted by molar-refractivity contribution is 0.0692. The van der Waals surface area contributed by atoms with Crippen molar-refractivity contribution in [1.82, 2.24) is 4.90 Å². The van der Waals surface area contributed by atoms with Gasteiger partial charge in [-0.15, -0.1) is 11.3 Å². The Morgan fingerprint density at radius 3 is 2.44 bits per heavy atom. The van der Waals surface area contributed by atoms with E-state index in [1.54, 1.807) is 6.07 Å². The molecule has 98 valence electrons. The standard InChI is InChI=1S/C13H17NO3S/c1-2-14(9-5-3-4-6-9)12(15)10-7-8-11(18-10)13(16)17/h7-9H,2-6H2,1H3,(H,16,17). The van der Waals surface area contributed by atoms with Crippen LogP contribution >= 0.6 is 11.3 Å². The minimum atomic E-state index is -0.969. The Morgan fingerprint density at radius 1 is 1.33 bits per heavy atom. The quantitative estimate of drug-likeness (QED) is 0.912. The van der Waals surface area contributed by atoms with Crippen LogP contribution in [0.1, 0.15) is 52.0 Å². The topological polar surface area (TPSA) is 57.6 Å². The zero-order chi connectivity index (χ0) is 13.1. The van der Waals surface area contributed by atoms with Crippen molar-refractivity contribution in [3.63, 3.8) is 0 Å². The van der Waals surface area contributed by atoms with Crippen molar-refractivity contribution in [2.24, 2.45) is 0 Å². The van der Waals surface area contributed by atoms with Gasteiger partial charge in [0.05, 0.1) is 4.88 Å². The van der Waals surface area contributed by atoms with Gasteiger partial charge in [0.25, 0.3) is 5.91 Å². The molecule has 0 spiro atoms. The van der Waals surface area contributed by atoms with E-state index in [9.17, 15) is 9.59 Å². The third-order valence-corrected chi connectivity index (χ3v) is 4.46. The molecule has 1 aromatic heterocycles. The van der Waals surface area contributed by atoms with Crippen molar-refractivity contribution >= 4 is 23.2 Å². The largest absolute Gasteiger partial charge is 0.477 e. The Balaban J connectivity index is 2.14. The van der Waals surface area contributed by atoms with E-state index in [0.29, 0.717) is 17.5 Å². The van der Waals surface area contributed by atoms with Crippen LogP contribution in [-0.2, 0) is 0 Å². The summed E-state index contributed by atoms with van der Waals surface area (Å²) in [7, 11) is 0. The highest BCUT2D eigenvalue weighted by Crippen LogP contribution is 2.26. The summed E-state index contributed by atoms with van der Waals surface area (Å²) < 4.78 is 0. The first-order valence-electron chi connectivity index (χ1n) is 6.27. The van der Waals surface area contributed by atoms with Crippen LogP contribution in [0.25, 0.3) is 0 Å². The van der Waals surface area contributed by atoms with Crippen molar-refractivity contribution in [2.75, 3.05) is 6.54 Å². The molecular formula is C13H17NO3S. The Labute approximate surface area is 110 Å². The van der Waals surface area contributed by atoms with Crippen molar-refractivity contribution in [3.05, 3.63) is 21.9 Å². The summed E-state index contributed by atoms with van der Waals surface area (Å²) in [5, 5.41) is 8.87. The summed E-state index contributed by atoms with van der Waals surface area (Å²) in [6.45, 7) is 2.66. The Kier molecular flexibility index (Phi) is 4.01. The van der Waals surface area contributed by atoms with Gasteiger partial charge in [-0.05, 0) is 31.9 Å². The highest BCUT2D eigenvalue weighted by molar-refractivity contribution is 7.15. The van der Waals surface area contributed by atoms with Gasteiger partial charge in [-0.3, -0.25) is 4.79 Å². The highest BCUT2D eigenvalue weighted by atomic mass is 32.1. The zero-order valence-corrected chi connectivity index (χ0v) is 11.2. The van der Waals surface area contributed by atoms with E-state index in [1.165, 1.54) is 18.9 Å². The van der Waals surface area contributed by atoms with Crippen molar-refractivity contribution < 1.29 is 14.7 Å². The van der Waals surface area contributed by atoms with Gasteiger partial charge in [-0.1, -0.05) is 12.8 Å². The van der Waals surface area contributed by atoms with E-state index < -0.39 is 5.97 Å². The second-order valence-electron chi connectivity index (χ2n) is 4.50. The van der Waals surface area contributed by atoms with Crippen LogP contribution in [0.3, 0.4) is 0 Å². The van der Waals surface area contributed by atoms with Crippen molar-refractivity contribution in [2.45, 2.75) is 38.6 Å². The molecule has 18 heavy (non-hydrogen) atoms. The second kappa shape index (κ2) is 5.52. The molecule has 0 aliphatic heterocycles. The summed E-state index contributed by atoms with van der Waals surface area (Å²) in [5.74, 6) is -0.995. The number of hydrogen-bond acceptors (Lipinski definition) is 3. The highest BCUT2D eigenvalue weighted by Gasteiger charge is 2.27. The number of amides is 1. The lowest BCUT2D eigenvalue weighted by atomic mass is 10.2. The van der Waals surface area contributed by atoms with Gasteiger partial charge >= 0.3 is 5.97 Å². The number of nitrogens with zero attached hydrogens (tertiary/aromatic N) is 1. The van der Waals surface area contributed by atoms with E-state index in [1.807, 2.05) is 11.8 Å². The predicted octanol–water partition coefficient (Wildman–Crippen LogP) is 2.85. The molecule has 0 unspecified atom stereocenters. The molecule has 0 radical (unpaired) electrons. The van der Waals surface area contributed by atoms with Crippen LogP contribution < -0.4 is 0 Å². The van der Waals surface area contributed by atoms with Crippen LogP contribution in [0, 0.1) is 0 Å². The average Bonchev–Trinajstić information content (AvgIpc) is 3.01. The molecule has 5 heteroatoms. The van der Waals surface area contributed by atoms with Gasteiger partial charge in [0.2, 0.25) is 0 Å². The summed E-state index contributed by atoms with van der Waals surface area (Å²) in [6.07, 6.45) is 4.49. The van der Waals surface area contributed by atoms with Gasteiger partial charge in [0.1, 0.15) is 4.88 Å². The maximum atomic E-state index is 12.3. The summed E-state index contributed by atoms with van der Waals surface area (Å²) in [6, 6.07) is 3.45. The SMILES string of the molecule is CCN(C(=O)c1ccc(C(=O)O)s1)C1CCCC1. The first-order chi connectivity index (χ1) is 8.63. The molecule has 0 bridgehead atoms. The number of carbonyl (C=O) groups excluding carboxylic acids is 1. The number of carboxylic acids is 1. The molecule has 1 heterocycles. The fourth-order valence-electron chi connectivity index (χ4n) is 2.49. The number of carboxylic acid groups (broad SMARTS) is 1. The molecule has 1 N–H and O–H groups in total. The fraction of sp³-hybridized carbons (Fsp3) is 0.538. The van der Waals surface area contributed by atoms with Gasteiger partial charge < -0.3 is 10.0 Å². The minimum Gasteiger partial charge on any atom is -0.477 e. The first kappa shape index (κ1) is 13.1. The molecule has 4 nitrogen and oxygen atoms in total. The second-order valence-corrected chi connectivity index (χ2v) is 5.58. The molecule has 1 saturated carbocycles. The smallest absolute Gasteiger partial charge is 0.345 e. The third-order valence-electron chi connectivity index (χ3n) is 3.39. The molecule has 1 aliphatic rings. The molecule has 0 atom stereocenters. The van der Waals surface area contributed by atoms with Gasteiger partial charge in [0.15, 0.2) is 0 Å². The van der Waals surface area contributed by atoms with E-state index >= 15 is 0 Å². The molecule has 1 fully saturated rings. The van der Waals surface area contributed by atoms with Crippen LogP contribution in [0.5, 0.6) is 0 Å². The normalized spacial score (nSPS) is 15.8. The number of aromatic carboxylic acids is 1. The lowest BCUT2D eigenvalue weighted by Gasteiger charge is -2.27. The lowest BCUT2D eigenvalue weighted by Crippen LogP contribution is -2.38. The molecule has 0 saturated heterocycles. The van der Waals surface area contributed by atoms with Crippen LogP contribution in [0.2, 0.25) is 0 Å². The molecule has 1 amide bonds. The van der Waals surface area contributed by atoms with Crippen LogP contribution in [-0.4, -0.2) is 34.5 Å². The Morgan fingerprint density at radius 2 is 1.94 bits per heavy atom. The minimum absolute atomic E-state index is 0.0260. The van der Waals surface area contributed by atoms with E-state index in [4.69, 9.17) is 5.11 Å². The maximum absolute atomic E-state index is 12.3. The van der Waals surface area contributed by atoms with Gasteiger partial charge in [-0.25, -0.2) is 4.79 Å². The Hall–Kier alpha value is -1.36. The first-order valence-corrected chi connectivity index (χ1v) is 7.09. The molecule has 0 aromatic carbocycles. The van der Waals surface area contributed by atoms with Crippen molar-refractivity contribution in [3.8, 4) is 0 Å². The van der Waals surface area contributed by atoms with Crippen LogP contribution in [0.15, 0.2) is 12.1 Å². The number of rotatable bonds is 4. The number of carbonyl (C=O) groups is 2. The van der Waals surface area contributed by atoms with E-state index in [0.717, 1.165) is 24.2 Å². The average molecular weight is 267 g/mol. The zero-order valence-electron chi connectivity index (χ0n) is 10.4. The van der Waals surface area contributed by atoms with Crippen molar-refractivity contribution in [1.29, 1.82) is 0 Å². The molecular weight excluding hydrogens is 250 g/mol. The molecule has 2 rings (SSSR count). The molecule has 1 aromatic rings. The fourth-order valence-corrected chi connectivity index (χ4v) is 3.29. The molecule has 1 aliphatic carbocycles. The maximum Gasteiger partial charge on any atom is 0.345 e. The monoisotopic (exact) mass is 267 g/mol. The number of hydrogen-bond donors (Lipinski definition) is 1. The Bertz CT molecular complexity index is 449. The summed E-state index contributed by atoms with van der Waals surface area (Å²) in [4.78, 5) is 25.8. The predicted molar refractivity (Wildman–Crippen MR) is 70.2 cm³/mol. The van der Waals surface area contributed by atoms with Gasteiger partial charge in [-0.2, -0.15) is 0 Å². The van der Waals surface area contributed by atoms with Crippen LogP contribution in [0.4, 0.5) is 0 Å². The summed E-state index contributed by atoms with van der Waals surface area (Å²) in [5.41, 5.74) is 0. The van der Waals surface area contributed by atoms with E-state index in [2.05, 4.69) is 0 Å². The summed E-state index contributed by atoms with van der Waals surface area (Å²) >= 11 is 1.06.